The lowest BCUT2D eigenvalue weighted by Gasteiger charge is -2.20. The molecular formula is C16H21FN2O3. The molecule has 1 unspecified atom stereocenters. The van der Waals surface area contributed by atoms with E-state index in [1.165, 1.54) is 23.1 Å². The van der Waals surface area contributed by atoms with Gasteiger partial charge >= 0.3 is 0 Å². The zero-order valence-electron chi connectivity index (χ0n) is 12.9. The summed E-state index contributed by atoms with van der Waals surface area (Å²) < 4.78 is 14.0. The molecule has 5 nitrogen and oxygen atoms in total. The lowest BCUT2D eigenvalue weighted by molar-refractivity contribution is -0.117. The van der Waals surface area contributed by atoms with E-state index in [4.69, 9.17) is 0 Å². The van der Waals surface area contributed by atoms with Gasteiger partial charge < -0.3 is 14.9 Å². The number of carbonyl (C=O) groups excluding carboxylic acids is 2. The first-order valence-corrected chi connectivity index (χ1v) is 7.43. The van der Waals surface area contributed by atoms with E-state index < -0.39 is 17.8 Å². The molecule has 22 heavy (non-hydrogen) atoms. The van der Waals surface area contributed by atoms with Gasteiger partial charge in [0.2, 0.25) is 5.91 Å². The van der Waals surface area contributed by atoms with Crippen LogP contribution in [0.25, 0.3) is 0 Å². The highest BCUT2D eigenvalue weighted by molar-refractivity contribution is 5.99. The Hall–Kier alpha value is -1.95. The van der Waals surface area contributed by atoms with Gasteiger partial charge in [0.05, 0.1) is 11.7 Å². The SMILES string of the molecule is CC(O)CCN(C)C(=O)c1cc(N2CCCC2=O)ccc1F. The number of halogens is 1. The van der Waals surface area contributed by atoms with Crippen LogP contribution >= 0.6 is 0 Å². The monoisotopic (exact) mass is 308 g/mol. The van der Waals surface area contributed by atoms with Crippen molar-refractivity contribution in [2.45, 2.75) is 32.3 Å². The quantitative estimate of drug-likeness (QED) is 0.902. The minimum Gasteiger partial charge on any atom is -0.393 e. The van der Waals surface area contributed by atoms with E-state index >= 15 is 0 Å². The van der Waals surface area contributed by atoms with Crippen LogP contribution in [-0.4, -0.2) is 48.1 Å². The Morgan fingerprint density at radius 3 is 2.82 bits per heavy atom. The minimum atomic E-state index is -0.607. The number of hydrogen-bond donors (Lipinski definition) is 1. The predicted octanol–water partition coefficient (Wildman–Crippen LogP) is 1.80. The number of amides is 2. The van der Waals surface area contributed by atoms with Crippen molar-refractivity contribution in [2.75, 3.05) is 25.0 Å². The molecule has 6 heteroatoms. The van der Waals surface area contributed by atoms with E-state index in [-0.39, 0.29) is 11.5 Å². The lowest BCUT2D eigenvalue weighted by atomic mass is 10.1. The third-order valence-corrected chi connectivity index (χ3v) is 3.79. The van der Waals surface area contributed by atoms with Gasteiger partial charge in [0.15, 0.2) is 0 Å². The smallest absolute Gasteiger partial charge is 0.256 e. The third-order valence-electron chi connectivity index (χ3n) is 3.79. The molecule has 0 aliphatic carbocycles. The Morgan fingerprint density at radius 2 is 2.23 bits per heavy atom. The van der Waals surface area contributed by atoms with Gasteiger partial charge in [-0.2, -0.15) is 0 Å². The van der Waals surface area contributed by atoms with Crippen LogP contribution in [0.5, 0.6) is 0 Å². The molecule has 1 aliphatic rings. The summed E-state index contributed by atoms with van der Waals surface area (Å²) in [4.78, 5) is 27.0. The van der Waals surface area contributed by atoms with Gasteiger partial charge in [-0.05, 0) is 38.0 Å². The molecule has 2 rings (SSSR count). The van der Waals surface area contributed by atoms with Gasteiger partial charge in [-0.3, -0.25) is 9.59 Å². The van der Waals surface area contributed by atoms with Crippen LogP contribution in [0, 0.1) is 5.82 Å². The van der Waals surface area contributed by atoms with E-state index in [1.807, 2.05) is 0 Å². The first-order chi connectivity index (χ1) is 10.4. The van der Waals surface area contributed by atoms with Crippen molar-refractivity contribution in [1.29, 1.82) is 0 Å². The van der Waals surface area contributed by atoms with Crippen molar-refractivity contribution < 1.29 is 19.1 Å². The molecule has 0 radical (unpaired) electrons. The van der Waals surface area contributed by atoms with Gasteiger partial charge in [0.1, 0.15) is 5.82 Å². The van der Waals surface area contributed by atoms with Crippen molar-refractivity contribution in [3.8, 4) is 0 Å². The van der Waals surface area contributed by atoms with Crippen molar-refractivity contribution in [1.82, 2.24) is 4.90 Å². The van der Waals surface area contributed by atoms with Crippen molar-refractivity contribution >= 4 is 17.5 Å². The van der Waals surface area contributed by atoms with Gasteiger partial charge in [-0.1, -0.05) is 0 Å². The average molecular weight is 308 g/mol. The second kappa shape index (κ2) is 6.87. The molecule has 1 N–H and O–H groups in total. The summed E-state index contributed by atoms with van der Waals surface area (Å²) in [5.74, 6) is -1.07. The lowest BCUT2D eigenvalue weighted by Crippen LogP contribution is -2.30. The summed E-state index contributed by atoms with van der Waals surface area (Å²) in [6, 6.07) is 4.17. The normalized spacial score (nSPS) is 16.0. The van der Waals surface area contributed by atoms with Crippen LogP contribution in [0.2, 0.25) is 0 Å². The molecule has 0 bridgehead atoms. The summed E-state index contributed by atoms with van der Waals surface area (Å²) in [6.07, 6.45) is 1.16. The number of nitrogens with zero attached hydrogens (tertiary/aromatic N) is 2. The number of aliphatic hydroxyl groups excluding tert-OH is 1. The zero-order valence-corrected chi connectivity index (χ0v) is 12.9. The molecule has 0 aromatic heterocycles. The number of anilines is 1. The summed E-state index contributed by atoms with van der Waals surface area (Å²) in [7, 11) is 1.57. The number of benzene rings is 1. The fourth-order valence-electron chi connectivity index (χ4n) is 2.45. The molecular weight excluding hydrogens is 287 g/mol. The maximum atomic E-state index is 14.0. The van der Waals surface area contributed by atoms with E-state index in [0.717, 1.165) is 6.42 Å². The molecule has 1 aromatic carbocycles. The zero-order chi connectivity index (χ0) is 16.3. The molecule has 1 aromatic rings. The standard InChI is InChI=1S/C16H21FN2O3/c1-11(20)7-9-18(2)16(22)13-10-12(5-6-14(13)17)19-8-3-4-15(19)21/h5-6,10-11,20H,3-4,7-9H2,1-2H3. The summed E-state index contributed by atoms with van der Waals surface area (Å²) in [5, 5.41) is 9.27. The van der Waals surface area contributed by atoms with Crippen LogP contribution in [-0.2, 0) is 4.79 Å². The molecule has 1 aliphatic heterocycles. The molecule has 0 spiro atoms. The number of aliphatic hydroxyl groups is 1. The summed E-state index contributed by atoms with van der Waals surface area (Å²) in [5.41, 5.74) is 0.501. The molecule has 1 saturated heterocycles. The van der Waals surface area contributed by atoms with Gasteiger partial charge in [-0.15, -0.1) is 0 Å². The Balaban J connectivity index is 2.19. The molecule has 2 amide bonds. The molecule has 120 valence electrons. The highest BCUT2D eigenvalue weighted by atomic mass is 19.1. The summed E-state index contributed by atoms with van der Waals surface area (Å²) >= 11 is 0. The Kier molecular flexibility index (Phi) is 5.13. The maximum Gasteiger partial charge on any atom is 0.256 e. The van der Waals surface area contributed by atoms with E-state index in [0.29, 0.717) is 31.6 Å². The first-order valence-electron chi connectivity index (χ1n) is 7.43. The van der Waals surface area contributed by atoms with E-state index in [1.54, 1.807) is 18.9 Å². The maximum absolute atomic E-state index is 14.0. The van der Waals surface area contributed by atoms with Crippen LogP contribution in [0.15, 0.2) is 18.2 Å². The highest BCUT2D eigenvalue weighted by Gasteiger charge is 2.24. The first kappa shape index (κ1) is 16.4. The van der Waals surface area contributed by atoms with Crippen molar-refractivity contribution in [2.24, 2.45) is 0 Å². The number of hydrogen-bond acceptors (Lipinski definition) is 3. The topological polar surface area (TPSA) is 60.9 Å². The molecule has 1 atom stereocenters. The Bertz CT molecular complexity index is 575. The van der Waals surface area contributed by atoms with Crippen LogP contribution in [0.1, 0.15) is 36.5 Å². The second-order valence-corrected chi connectivity index (χ2v) is 5.68. The number of rotatable bonds is 5. The van der Waals surface area contributed by atoms with Gasteiger partial charge in [0, 0.05) is 32.2 Å². The predicted molar refractivity (Wildman–Crippen MR) is 81.2 cm³/mol. The fraction of sp³-hybridized carbons (Fsp3) is 0.500. The Morgan fingerprint density at radius 1 is 1.50 bits per heavy atom. The molecule has 0 saturated carbocycles. The minimum absolute atomic E-state index is 0.00697. The van der Waals surface area contributed by atoms with E-state index in [9.17, 15) is 19.1 Å². The average Bonchev–Trinajstić information content (AvgIpc) is 2.90. The molecule has 1 heterocycles. The van der Waals surface area contributed by atoms with E-state index in [2.05, 4.69) is 0 Å². The van der Waals surface area contributed by atoms with Crippen molar-refractivity contribution in [3.63, 3.8) is 0 Å². The third kappa shape index (κ3) is 3.62. The van der Waals surface area contributed by atoms with Crippen LogP contribution < -0.4 is 4.90 Å². The van der Waals surface area contributed by atoms with Gasteiger partial charge in [0.25, 0.3) is 5.91 Å². The van der Waals surface area contributed by atoms with Crippen molar-refractivity contribution in [3.05, 3.63) is 29.6 Å². The fourth-order valence-corrected chi connectivity index (χ4v) is 2.45. The number of carbonyl (C=O) groups is 2. The van der Waals surface area contributed by atoms with Crippen LogP contribution in [0.4, 0.5) is 10.1 Å². The molecule has 1 fully saturated rings. The van der Waals surface area contributed by atoms with Gasteiger partial charge in [-0.25, -0.2) is 4.39 Å². The Labute approximate surface area is 129 Å². The second-order valence-electron chi connectivity index (χ2n) is 5.68. The summed E-state index contributed by atoms with van der Waals surface area (Å²) in [6.45, 7) is 2.57. The van der Waals surface area contributed by atoms with Crippen LogP contribution in [0.3, 0.4) is 0 Å². The largest absolute Gasteiger partial charge is 0.393 e. The highest BCUT2D eigenvalue weighted by Crippen LogP contribution is 2.24.